The topological polar surface area (TPSA) is 24.9 Å². The van der Waals surface area contributed by atoms with Gasteiger partial charge in [-0.15, -0.1) is 11.6 Å². The Balaban J connectivity index is 1.86. The Kier molecular flexibility index (Phi) is 3.41. The summed E-state index contributed by atoms with van der Waals surface area (Å²) in [6.07, 6.45) is 6.05. The first-order valence-electron chi connectivity index (χ1n) is 5.23. The molecule has 15 heavy (non-hydrogen) atoms. The first-order chi connectivity index (χ1) is 7.25. The van der Waals surface area contributed by atoms with Crippen LogP contribution in [0.1, 0.15) is 19.3 Å². The molecule has 1 N–H and O–H groups in total. The van der Waals surface area contributed by atoms with Crippen molar-refractivity contribution in [2.75, 3.05) is 11.9 Å². The van der Waals surface area contributed by atoms with Crippen molar-refractivity contribution in [1.29, 1.82) is 0 Å². The zero-order valence-corrected chi connectivity index (χ0v) is 9.17. The van der Waals surface area contributed by atoms with Gasteiger partial charge in [-0.25, -0.2) is 4.39 Å². The summed E-state index contributed by atoms with van der Waals surface area (Å²) in [5.74, 6) is 0.276. The lowest BCUT2D eigenvalue weighted by molar-refractivity contribution is 0.573. The van der Waals surface area contributed by atoms with Crippen LogP contribution >= 0.6 is 11.6 Å². The Morgan fingerprint density at radius 1 is 1.53 bits per heavy atom. The highest BCUT2D eigenvalue weighted by molar-refractivity contribution is 6.20. The summed E-state index contributed by atoms with van der Waals surface area (Å²) < 4.78 is 13.2. The van der Waals surface area contributed by atoms with Gasteiger partial charge in [-0.2, -0.15) is 0 Å². The number of hydrogen-bond donors (Lipinski definition) is 1. The second-order valence-electron chi connectivity index (χ2n) is 4.01. The molecule has 2 atom stereocenters. The van der Waals surface area contributed by atoms with Gasteiger partial charge in [-0.3, -0.25) is 4.98 Å². The summed E-state index contributed by atoms with van der Waals surface area (Å²) in [4.78, 5) is 3.70. The molecule has 0 aliphatic heterocycles. The van der Waals surface area contributed by atoms with Crippen LogP contribution in [-0.2, 0) is 0 Å². The van der Waals surface area contributed by atoms with Crippen molar-refractivity contribution in [2.45, 2.75) is 24.6 Å². The molecule has 1 saturated carbocycles. The minimum Gasteiger partial charge on any atom is -0.382 e. The average Bonchev–Trinajstić information content (AvgIpc) is 2.63. The molecule has 1 aliphatic rings. The Bertz CT molecular complexity index is 332. The van der Waals surface area contributed by atoms with Crippen molar-refractivity contribution >= 4 is 17.3 Å². The average molecular weight is 229 g/mol. The smallest absolute Gasteiger partial charge is 0.164 e. The first-order valence-corrected chi connectivity index (χ1v) is 5.67. The highest BCUT2D eigenvalue weighted by atomic mass is 35.5. The van der Waals surface area contributed by atoms with Gasteiger partial charge in [0.25, 0.3) is 0 Å². The summed E-state index contributed by atoms with van der Waals surface area (Å²) >= 11 is 6.01. The molecule has 2 rings (SSSR count). The van der Waals surface area contributed by atoms with E-state index in [1.807, 2.05) is 0 Å². The van der Waals surface area contributed by atoms with Gasteiger partial charge in [-0.05, 0) is 31.2 Å². The van der Waals surface area contributed by atoms with E-state index < -0.39 is 0 Å². The molecule has 2 unspecified atom stereocenters. The molecule has 4 heteroatoms. The van der Waals surface area contributed by atoms with E-state index in [0.29, 0.717) is 17.0 Å². The summed E-state index contributed by atoms with van der Waals surface area (Å²) in [5.41, 5.74) is 0.531. The number of nitrogens with zero attached hydrogens (tertiary/aromatic N) is 1. The summed E-state index contributed by atoms with van der Waals surface area (Å²) in [6.45, 7) is 0.796. The fourth-order valence-corrected chi connectivity index (χ4v) is 2.35. The second-order valence-corrected chi connectivity index (χ2v) is 4.63. The molecule has 1 aromatic heterocycles. The zero-order valence-electron chi connectivity index (χ0n) is 8.42. The van der Waals surface area contributed by atoms with Gasteiger partial charge in [0.1, 0.15) is 0 Å². The monoisotopic (exact) mass is 228 g/mol. The van der Waals surface area contributed by atoms with Crippen molar-refractivity contribution in [3.8, 4) is 0 Å². The van der Waals surface area contributed by atoms with Crippen molar-refractivity contribution in [2.24, 2.45) is 5.92 Å². The lowest BCUT2D eigenvalue weighted by Gasteiger charge is -2.12. The lowest BCUT2D eigenvalue weighted by atomic mass is 10.1. The van der Waals surface area contributed by atoms with E-state index >= 15 is 0 Å². The predicted octanol–water partition coefficient (Wildman–Crippen LogP) is 3.04. The van der Waals surface area contributed by atoms with Crippen molar-refractivity contribution in [1.82, 2.24) is 4.98 Å². The van der Waals surface area contributed by atoms with E-state index in [-0.39, 0.29) is 5.82 Å². The third-order valence-electron chi connectivity index (χ3n) is 2.83. The number of hydrogen-bond acceptors (Lipinski definition) is 2. The van der Waals surface area contributed by atoms with Gasteiger partial charge in [0.2, 0.25) is 0 Å². The van der Waals surface area contributed by atoms with E-state index in [1.165, 1.54) is 6.20 Å². The fourth-order valence-electron chi connectivity index (χ4n) is 1.97. The molecule has 1 aliphatic carbocycles. The predicted molar refractivity (Wildman–Crippen MR) is 59.7 cm³/mol. The Morgan fingerprint density at radius 3 is 3.07 bits per heavy atom. The molecule has 1 aromatic rings. The minimum atomic E-state index is -0.294. The molecular formula is C11H14ClFN2. The number of nitrogens with one attached hydrogen (secondary N) is 1. The number of alkyl halides is 1. The van der Waals surface area contributed by atoms with Crippen LogP contribution in [0.5, 0.6) is 0 Å². The van der Waals surface area contributed by atoms with Crippen LogP contribution in [0.4, 0.5) is 10.1 Å². The van der Waals surface area contributed by atoms with E-state index in [2.05, 4.69) is 10.3 Å². The second kappa shape index (κ2) is 4.79. The zero-order chi connectivity index (χ0) is 10.7. The van der Waals surface area contributed by atoms with Crippen LogP contribution in [0.3, 0.4) is 0 Å². The van der Waals surface area contributed by atoms with Gasteiger partial charge in [0.05, 0.1) is 11.9 Å². The van der Waals surface area contributed by atoms with E-state index in [1.54, 1.807) is 12.3 Å². The number of pyridine rings is 1. The van der Waals surface area contributed by atoms with Crippen LogP contribution in [0.25, 0.3) is 0 Å². The maximum Gasteiger partial charge on any atom is 0.164 e. The summed E-state index contributed by atoms with van der Waals surface area (Å²) in [5, 5.41) is 3.41. The van der Waals surface area contributed by atoms with Crippen LogP contribution < -0.4 is 5.32 Å². The third kappa shape index (κ3) is 2.81. The van der Waals surface area contributed by atoms with Gasteiger partial charge in [0.15, 0.2) is 5.82 Å². The Morgan fingerprint density at radius 2 is 2.40 bits per heavy atom. The molecule has 0 saturated heterocycles. The fraction of sp³-hybridized carbons (Fsp3) is 0.545. The standard InChI is InChI=1S/C11H14ClFN2/c12-9-2-1-8(5-9)6-15-11-3-4-14-7-10(11)13/h3-4,7-9H,1-2,5-6H2,(H,14,15). The van der Waals surface area contributed by atoms with Crippen LogP contribution in [0, 0.1) is 11.7 Å². The SMILES string of the molecule is Fc1cnccc1NCC1CCC(Cl)C1. The molecule has 0 spiro atoms. The van der Waals surface area contributed by atoms with Crippen molar-refractivity contribution in [3.05, 3.63) is 24.3 Å². The number of aromatic nitrogens is 1. The maximum atomic E-state index is 13.2. The number of halogens is 2. The number of anilines is 1. The van der Waals surface area contributed by atoms with E-state index in [4.69, 9.17) is 11.6 Å². The first kappa shape index (κ1) is 10.7. The van der Waals surface area contributed by atoms with Crippen molar-refractivity contribution in [3.63, 3.8) is 0 Å². The molecular weight excluding hydrogens is 215 g/mol. The molecule has 0 aromatic carbocycles. The van der Waals surface area contributed by atoms with Crippen LogP contribution in [-0.4, -0.2) is 16.9 Å². The molecule has 82 valence electrons. The molecule has 0 radical (unpaired) electrons. The van der Waals surface area contributed by atoms with Gasteiger partial charge in [-0.1, -0.05) is 0 Å². The highest BCUT2D eigenvalue weighted by Gasteiger charge is 2.22. The van der Waals surface area contributed by atoms with Crippen LogP contribution in [0.15, 0.2) is 18.5 Å². The molecule has 0 bridgehead atoms. The highest BCUT2D eigenvalue weighted by Crippen LogP contribution is 2.29. The van der Waals surface area contributed by atoms with Gasteiger partial charge >= 0.3 is 0 Å². The van der Waals surface area contributed by atoms with E-state index in [0.717, 1.165) is 25.8 Å². The summed E-state index contributed by atoms with van der Waals surface area (Å²) in [6, 6.07) is 1.66. The third-order valence-corrected chi connectivity index (χ3v) is 3.23. The van der Waals surface area contributed by atoms with Crippen LogP contribution in [0.2, 0.25) is 0 Å². The molecule has 0 amide bonds. The molecule has 1 heterocycles. The largest absolute Gasteiger partial charge is 0.382 e. The number of rotatable bonds is 3. The Labute approximate surface area is 93.9 Å². The van der Waals surface area contributed by atoms with Gasteiger partial charge < -0.3 is 5.32 Å². The minimum absolute atomic E-state index is 0.294. The maximum absolute atomic E-state index is 13.2. The molecule has 2 nitrogen and oxygen atoms in total. The normalized spacial score (nSPS) is 25.5. The van der Waals surface area contributed by atoms with E-state index in [9.17, 15) is 4.39 Å². The lowest BCUT2D eigenvalue weighted by Crippen LogP contribution is -2.12. The quantitative estimate of drug-likeness (QED) is 0.805. The summed E-state index contributed by atoms with van der Waals surface area (Å²) in [7, 11) is 0. The van der Waals surface area contributed by atoms with Gasteiger partial charge in [0, 0.05) is 18.1 Å². The Hall–Kier alpha value is -0.830. The molecule has 1 fully saturated rings. The van der Waals surface area contributed by atoms with Crippen molar-refractivity contribution < 1.29 is 4.39 Å².